The molecule has 2 amide bonds. The number of carboxylic acid groups (broad SMARTS) is 1. The monoisotopic (exact) mass is 272 g/mol. The van der Waals surface area contributed by atoms with E-state index in [-0.39, 0.29) is 18.5 Å². The minimum atomic E-state index is -1.02. The molecule has 0 radical (unpaired) electrons. The molecule has 19 heavy (non-hydrogen) atoms. The Morgan fingerprint density at radius 2 is 2.05 bits per heavy atom. The molecule has 0 saturated heterocycles. The molecule has 0 aromatic heterocycles. The number of rotatable bonds is 8. The molecule has 1 atom stereocenters. The highest BCUT2D eigenvalue weighted by molar-refractivity contribution is 5.82. The largest absolute Gasteiger partial charge is 0.480 e. The lowest BCUT2D eigenvalue weighted by Crippen LogP contribution is -2.50. The van der Waals surface area contributed by atoms with Gasteiger partial charge in [0.25, 0.3) is 0 Å². The summed E-state index contributed by atoms with van der Waals surface area (Å²) < 4.78 is 4.86. The second-order valence-electron chi connectivity index (χ2n) is 5.40. The van der Waals surface area contributed by atoms with Crippen LogP contribution in [0.15, 0.2) is 0 Å². The van der Waals surface area contributed by atoms with Crippen LogP contribution in [0.2, 0.25) is 0 Å². The minimum absolute atomic E-state index is 0.276. The van der Waals surface area contributed by atoms with E-state index in [1.807, 2.05) is 13.8 Å². The number of hydrogen-bond acceptors (Lipinski definition) is 3. The molecule has 0 heterocycles. The fourth-order valence-corrected chi connectivity index (χ4v) is 1.90. The van der Waals surface area contributed by atoms with Crippen molar-refractivity contribution in [1.82, 2.24) is 10.2 Å². The van der Waals surface area contributed by atoms with Crippen molar-refractivity contribution in [2.75, 3.05) is 20.3 Å². The van der Waals surface area contributed by atoms with Gasteiger partial charge in [-0.25, -0.2) is 9.59 Å². The first-order chi connectivity index (χ1) is 8.95. The zero-order chi connectivity index (χ0) is 14.4. The molecule has 0 aromatic carbocycles. The van der Waals surface area contributed by atoms with E-state index < -0.39 is 12.0 Å². The van der Waals surface area contributed by atoms with Gasteiger partial charge in [0.05, 0.1) is 0 Å². The van der Waals surface area contributed by atoms with Gasteiger partial charge in [-0.1, -0.05) is 13.8 Å². The predicted octanol–water partition coefficient (Wildman–Crippen LogP) is 1.31. The molecule has 1 aliphatic rings. The summed E-state index contributed by atoms with van der Waals surface area (Å²) in [7, 11) is 1.51. The molecule has 0 spiro atoms. The number of nitrogens with zero attached hydrogens (tertiary/aromatic N) is 1. The Bertz CT molecular complexity index is 316. The van der Waals surface area contributed by atoms with Crippen molar-refractivity contribution in [3.05, 3.63) is 0 Å². The average molecular weight is 272 g/mol. The first kappa shape index (κ1) is 15.8. The molecule has 1 unspecified atom stereocenters. The van der Waals surface area contributed by atoms with E-state index in [9.17, 15) is 9.59 Å². The number of urea groups is 1. The molecule has 110 valence electrons. The van der Waals surface area contributed by atoms with Gasteiger partial charge in [0.1, 0.15) is 6.04 Å². The Kier molecular flexibility index (Phi) is 6.08. The third-order valence-corrected chi connectivity index (χ3v) is 3.02. The van der Waals surface area contributed by atoms with Gasteiger partial charge in [0, 0.05) is 32.7 Å². The Hall–Kier alpha value is -1.30. The van der Waals surface area contributed by atoms with E-state index in [0.717, 1.165) is 12.8 Å². The molecule has 1 rings (SSSR count). The summed E-state index contributed by atoms with van der Waals surface area (Å²) >= 11 is 0. The van der Waals surface area contributed by atoms with E-state index in [4.69, 9.17) is 9.84 Å². The summed E-state index contributed by atoms with van der Waals surface area (Å²) in [6.07, 6.45) is 2.30. The molecule has 0 aromatic rings. The molecule has 1 saturated carbocycles. The molecular weight excluding hydrogens is 248 g/mol. The third kappa shape index (κ3) is 5.46. The first-order valence-electron chi connectivity index (χ1n) is 6.74. The number of carbonyl (C=O) groups excluding carboxylic acids is 1. The lowest BCUT2D eigenvalue weighted by Gasteiger charge is -2.26. The Labute approximate surface area is 114 Å². The highest BCUT2D eigenvalue weighted by Crippen LogP contribution is 2.27. The molecule has 0 bridgehead atoms. The van der Waals surface area contributed by atoms with Crippen LogP contribution in [-0.4, -0.2) is 54.4 Å². The van der Waals surface area contributed by atoms with Gasteiger partial charge < -0.3 is 20.1 Å². The molecule has 1 aliphatic carbocycles. The van der Waals surface area contributed by atoms with E-state index >= 15 is 0 Å². The van der Waals surface area contributed by atoms with Crippen molar-refractivity contribution in [3.8, 4) is 0 Å². The zero-order valence-electron chi connectivity index (χ0n) is 11.9. The number of methoxy groups -OCH3 is 1. The van der Waals surface area contributed by atoms with Gasteiger partial charge in [-0.2, -0.15) is 0 Å². The van der Waals surface area contributed by atoms with Gasteiger partial charge in [0.2, 0.25) is 0 Å². The van der Waals surface area contributed by atoms with Crippen LogP contribution in [0.4, 0.5) is 4.79 Å². The number of hydrogen-bond donors (Lipinski definition) is 2. The Morgan fingerprint density at radius 1 is 1.42 bits per heavy atom. The second-order valence-corrected chi connectivity index (χ2v) is 5.40. The van der Waals surface area contributed by atoms with E-state index in [0.29, 0.717) is 19.1 Å². The highest BCUT2D eigenvalue weighted by Gasteiger charge is 2.34. The van der Waals surface area contributed by atoms with Crippen LogP contribution in [0, 0.1) is 5.92 Å². The van der Waals surface area contributed by atoms with Crippen LogP contribution >= 0.6 is 0 Å². The van der Waals surface area contributed by atoms with Gasteiger partial charge in [-0.3, -0.25) is 0 Å². The molecular formula is C13H24N2O4. The zero-order valence-corrected chi connectivity index (χ0v) is 11.9. The number of amides is 2. The van der Waals surface area contributed by atoms with Gasteiger partial charge in [-0.15, -0.1) is 0 Å². The lowest BCUT2D eigenvalue weighted by atomic mass is 10.2. The van der Waals surface area contributed by atoms with Crippen molar-refractivity contribution in [2.24, 2.45) is 5.92 Å². The quantitative estimate of drug-likeness (QED) is 0.698. The SMILES string of the molecule is COCCC(NC(=O)N(CC(C)C)C1CC1)C(=O)O. The fraction of sp³-hybridized carbons (Fsp3) is 0.846. The maximum atomic E-state index is 12.1. The Morgan fingerprint density at radius 3 is 2.47 bits per heavy atom. The van der Waals surface area contributed by atoms with Crippen molar-refractivity contribution < 1.29 is 19.4 Å². The second kappa shape index (κ2) is 7.33. The van der Waals surface area contributed by atoms with Crippen molar-refractivity contribution in [3.63, 3.8) is 0 Å². The number of carboxylic acids is 1. The maximum Gasteiger partial charge on any atom is 0.326 e. The summed E-state index contributed by atoms with van der Waals surface area (Å²) in [6, 6.07) is -0.889. The van der Waals surface area contributed by atoms with Crippen molar-refractivity contribution in [2.45, 2.75) is 45.2 Å². The molecule has 2 N–H and O–H groups in total. The van der Waals surface area contributed by atoms with Crippen LogP contribution in [0.3, 0.4) is 0 Å². The first-order valence-corrected chi connectivity index (χ1v) is 6.74. The minimum Gasteiger partial charge on any atom is -0.480 e. The van der Waals surface area contributed by atoms with E-state index in [1.54, 1.807) is 4.90 Å². The van der Waals surface area contributed by atoms with Crippen LogP contribution in [0.5, 0.6) is 0 Å². The van der Waals surface area contributed by atoms with Crippen LogP contribution < -0.4 is 5.32 Å². The van der Waals surface area contributed by atoms with Gasteiger partial charge in [-0.05, 0) is 18.8 Å². The summed E-state index contributed by atoms with van der Waals surface area (Å²) in [6.45, 7) is 5.06. The van der Waals surface area contributed by atoms with E-state index in [2.05, 4.69) is 5.32 Å². The van der Waals surface area contributed by atoms with Crippen LogP contribution in [0.1, 0.15) is 33.1 Å². The number of aliphatic carboxylic acids is 1. The number of ether oxygens (including phenoxy) is 1. The van der Waals surface area contributed by atoms with Crippen LogP contribution in [0.25, 0.3) is 0 Å². The standard InChI is InChI=1S/C13H24N2O4/c1-9(2)8-15(10-4-5-10)13(18)14-11(12(16)17)6-7-19-3/h9-11H,4-8H2,1-3H3,(H,14,18)(H,16,17). The summed E-state index contributed by atoms with van der Waals surface area (Å²) in [5.41, 5.74) is 0. The smallest absolute Gasteiger partial charge is 0.326 e. The molecule has 6 nitrogen and oxygen atoms in total. The van der Waals surface area contributed by atoms with Crippen molar-refractivity contribution >= 4 is 12.0 Å². The maximum absolute atomic E-state index is 12.1. The third-order valence-electron chi connectivity index (χ3n) is 3.02. The lowest BCUT2D eigenvalue weighted by molar-refractivity contribution is -0.139. The predicted molar refractivity (Wildman–Crippen MR) is 71.0 cm³/mol. The number of nitrogens with one attached hydrogen (secondary N) is 1. The molecule has 6 heteroatoms. The Balaban J connectivity index is 2.54. The fourth-order valence-electron chi connectivity index (χ4n) is 1.90. The van der Waals surface area contributed by atoms with E-state index in [1.165, 1.54) is 7.11 Å². The molecule has 0 aliphatic heterocycles. The summed E-state index contributed by atoms with van der Waals surface area (Å²) in [5.74, 6) is -0.653. The van der Waals surface area contributed by atoms with Gasteiger partial charge in [0.15, 0.2) is 0 Å². The van der Waals surface area contributed by atoms with Crippen LogP contribution in [-0.2, 0) is 9.53 Å². The highest BCUT2D eigenvalue weighted by atomic mass is 16.5. The average Bonchev–Trinajstić information content (AvgIpc) is 3.14. The summed E-state index contributed by atoms with van der Waals surface area (Å²) in [4.78, 5) is 25.0. The number of carbonyl (C=O) groups is 2. The molecule has 1 fully saturated rings. The van der Waals surface area contributed by atoms with Crippen molar-refractivity contribution in [1.29, 1.82) is 0 Å². The topological polar surface area (TPSA) is 78.9 Å². The summed E-state index contributed by atoms with van der Waals surface area (Å²) in [5, 5.41) is 11.7. The van der Waals surface area contributed by atoms with Gasteiger partial charge >= 0.3 is 12.0 Å². The normalized spacial score (nSPS) is 16.2.